The molecular formula is C20H23N3O2. The molecule has 3 rings (SSSR count). The van der Waals surface area contributed by atoms with Gasteiger partial charge in [-0.3, -0.25) is 4.79 Å². The Hall–Kier alpha value is -2.82. The Labute approximate surface area is 146 Å². The second kappa shape index (κ2) is 6.59. The molecule has 1 amide bonds. The zero-order valence-corrected chi connectivity index (χ0v) is 14.8. The first-order valence-corrected chi connectivity index (χ1v) is 8.38. The number of carbonyl (C=O) groups is 1. The van der Waals surface area contributed by atoms with E-state index in [0.717, 1.165) is 22.2 Å². The summed E-state index contributed by atoms with van der Waals surface area (Å²) in [5.74, 6) is -0.0221. The lowest BCUT2D eigenvalue weighted by Crippen LogP contribution is -2.24. The number of aromatic amines is 2. The summed E-state index contributed by atoms with van der Waals surface area (Å²) in [6, 6.07) is 13.8. The van der Waals surface area contributed by atoms with E-state index < -0.39 is 0 Å². The average Bonchev–Trinajstić information content (AvgIpc) is 2.92. The Morgan fingerprint density at radius 3 is 2.28 bits per heavy atom. The molecule has 3 N–H and O–H groups in total. The minimum absolute atomic E-state index is 0.0221. The van der Waals surface area contributed by atoms with Crippen LogP contribution in [0.4, 0.5) is 0 Å². The normalized spacial score (nSPS) is 11.6. The van der Waals surface area contributed by atoms with Crippen molar-refractivity contribution < 1.29 is 4.79 Å². The molecule has 0 aliphatic heterocycles. The molecule has 1 aromatic heterocycles. The van der Waals surface area contributed by atoms with Crippen molar-refractivity contribution in [1.29, 1.82) is 0 Å². The van der Waals surface area contributed by atoms with E-state index >= 15 is 0 Å². The van der Waals surface area contributed by atoms with Crippen LogP contribution in [0.25, 0.3) is 11.0 Å². The van der Waals surface area contributed by atoms with Crippen molar-refractivity contribution in [2.45, 2.75) is 39.2 Å². The van der Waals surface area contributed by atoms with Gasteiger partial charge in [0.25, 0.3) is 0 Å². The largest absolute Gasteiger partial charge is 0.352 e. The van der Waals surface area contributed by atoms with Gasteiger partial charge in [-0.2, -0.15) is 0 Å². The fourth-order valence-electron chi connectivity index (χ4n) is 2.76. The maximum atomic E-state index is 12.2. The highest BCUT2D eigenvalue weighted by molar-refractivity contribution is 5.79. The van der Waals surface area contributed by atoms with E-state index in [4.69, 9.17) is 0 Å². The Balaban J connectivity index is 1.59. The zero-order valence-electron chi connectivity index (χ0n) is 14.8. The van der Waals surface area contributed by atoms with E-state index in [1.54, 1.807) is 0 Å². The summed E-state index contributed by atoms with van der Waals surface area (Å²) in [4.78, 5) is 28.9. The summed E-state index contributed by atoms with van der Waals surface area (Å²) in [7, 11) is 0. The second-order valence-corrected chi connectivity index (χ2v) is 7.36. The third kappa shape index (κ3) is 4.18. The highest BCUT2D eigenvalue weighted by Crippen LogP contribution is 2.22. The topological polar surface area (TPSA) is 77.8 Å². The van der Waals surface area contributed by atoms with Crippen LogP contribution in [0.2, 0.25) is 0 Å². The van der Waals surface area contributed by atoms with E-state index in [0.29, 0.717) is 13.0 Å². The lowest BCUT2D eigenvalue weighted by molar-refractivity contribution is -0.120. The average molecular weight is 337 g/mol. The van der Waals surface area contributed by atoms with Crippen LogP contribution in [0.5, 0.6) is 0 Å². The van der Waals surface area contributed by atoms with Crippen molar-refractivity contribution in [3.8, 4) is 0 Å². The summed E-state index contributed by atoms with van der Waals surface area (Å²) in [5, 5.41) is 2.92. The third-order valence-corrected chi connectivity index (χ3v) is 4.25. The van der Waals surface area contributed by atoms with Crippen molar-refractivity contribution in [3.63, 3.8) is 0 Å². The summed E-state index contributed by atoms with van der Waals surface area (Å²) >= 11 is 0. The van der Waals surface area contributed by atoms with Crippen molar-refractivity contribution in [2.75, 3.05) is 0 Å². The molecule has 5 nitrogen and oxygen atoms in total. The van der Waals surface area contributed by atoms with Crippen LogP contribution in [-0.2, 0) is 23.2 Å². The summed E-state index contributed by atoms with van der Waals surface area (Å²) in [6.45, 7) is 6.94. The van der Waals surface area contributed by atoms with Gasteiger partial charge in [0.2, 0.25) is 5.91 Å². The predicted octanol–water partition coefficient (Wildman–Crippen LogP) is 3.01. The number of fused-ring (bicyclic) bond motifs is 1. The van der Waals surface area contributed by atoms with Crippen molar-refractivity contribution in [2.24, 2.45) is 0 Å². The fraction of sp³-hybridized carbons (Fsp3) is 0.300. The maximum Gasteiger partial charge on any atom is 0.323 e. The first kappa shape index (κ1) is 17.0. The van der Waals surface area contributed by atoms with Crippen LogP contribution in [0, 0.1) is 0 Å². The highest BCUT2D eigenvalue weighted by atomic mass is 16.1. The molecule has 0 saturated heterocycles. The molecule has 2 aromatic carbocycles. The lowest BCUT2D eigenvalue weighted by Gasteiger charge is -2.19. The number of rotatable bonds is 4. The number of nitrogens with one attached hydrogen (secondary N) is 3. The smallest absolute Gasteiger partial charge is 0.323 e. The number of carbonyl (C=O) groups excluding carboxylic acids is 1. The first-order valence-electron chi connectivity index (χ1n) is 8.38. The molecule has 130 valence electrons. The standard InChI is InChI=1S/C20H23N3O2/c1-20(2,3)15-7-4-13(5-8-15)11-18(24)21-12-14-6-9-16-17(10-14)23-19(25)22-16/h4-10H,11-12H2,1-3H3,(H,21,24)(H2,22,23,25). The van der Waals surface area contributed by atoms with Gasteiger partial charge >= 0.3 is 5.69 Å². The van der Waals surface area contributed by atoms with Gasteiger partial charge in [0.15, 0.2) is 0 Å². The number of H-pyrrole nitrogens is 2. The fourth-order valence-corrected chi connectivity index (χ4v) is 2.76. The van der Waals surface area contributed by atoms with E-state index in [1.807, 2.05) is 30.3 Å². The Kier molecular flexibility index (Phi) is 4.49. The molecule has 0 fully saturated rings. The number of hydrogen-bond acceptors (Lipinski definition) is 2. The van der Waals surface area contributed by atoms with Gasteiger partial charge in [-0.1, -0.05) is 51.1 Å². The van der Waals surface area contributed by atoms with Gasteiger partial charge in [0, 0.05) is 6.54 Å². The maximum absolute atomic E-state index is 12.2. The predicted molar refractivity (Wildman–Crippen MR) is 99.6 cm³/mol. The number of imidazole rings is 1. The van der Waals surface area contributed by atoms with Crippen LogP contribution in [0.1, 0.15) is 37.5 Å². The number of aromatic nitrogens is 2. The third-order valence-electron chi connectivity index (χ3n) is 4.25. The molecule has 0 saturated carbocycles. The first-order chi connectivity index (χ1) is 11.8. The minimum Gasteiger partial charge on any atom is -0.352 e. The molecule has 5 heteroatoms. The summed E-state index contributed by atoms with van der Waals surface area (Å²) in [5.41, 5.74) is 4.59. The summed E-state index contributed by atoms with van der Waals surface area (Å²) < 4.78 is 0. The Morgan fingerprint density at radius 2 is 1.60 bits per heavy atom. The molecule has 3 aromatic rings. The summed E-state index contributed by atoms with van der Waals surface area (Å²) in [6.07, 6.45) is 0.355. The SMILES string of the molecule is CC(C)(C)c1ccc(CC(=O)NCc2ccc3[nH]c(=O)[nH]c3c2)cc1. The van der Waals surface area contributed by atoms with Gasteiger partial charge in [0.1, 0.15) is 0 Å². The molecule has 0 radical (unpaired) electrons. The van der Waals surface area contributed by atoms with Crippen molar-refractivity contribution in [3.05, 3.63) is 69.6 Å². The number of benzene rings is 2. The lowest BCUT2D eigenvalue weighted by atomic mass is 9.86. The monoisotopic (exact) mass is 337 g/mol. The van der Waals surface area contributed by atoms with Crippen LogP contribution >= 0.6 is 0 Å². The van der Waals surface area contributed by atoms with E-state index in [-0.39, 0.29) is 17.0 Å². The van der Waals surface area contributed by atoms with Gasteiger partial charge in [0.05, 0.1) is 17.5 Å². The van der Waals surface area contributed by atoms with Crippen LogP contribution in [0.15, 0.2) is 47.3 Å². The molecule has 0 aliphatic rings. The quantitative estimate of drug-likeness (QED) is 0.684. The minimum atomic E-state index is -0.227. The van der Waals surface area contributed by atoms with Gasteiger partial charge in [-0.05, 0) is 34.2 Å². The van der Waals surface area contributed by atoms with E-state index in [9.17, 15) is 9.59 Å². The molecule has 0 atom stereocenters. The Morgan fingerprint density at radius 1 is 0.960 bits per heavy atom. The number of hydrogen-bond donors (Lipinski definition) is 3. The molecule has 0 bridgehead atoms. The van der Waals surface area contributed by atoms with Crippen LogP contribution in [-0.4, -0.2) is 15.9 Å². The van der Waals surface area contributed by atoms with Gasteiger partial charge in [-0.25, -0.2) is 4.79 Å². The zero-order chi connectivity index (χ0) is 18.0. The molecule has 25 heavy (non-hydrogen) atoms. The van der Waals surface area contributed by atoms with Crippen molar-refractivity contribution in [1.82, 2.24) is 15.3 Å². The van der Waals surface area contributed by atoms with Gasteiger partial charge < -0.3 is 15.3 Å². The van der Waals surface area contributed by atoms with Crippen LogP contribution < -0.4 is 11.0 Å². The number of amides is 1. The molecule has 1 heterocycles. The molecular weight excluding hydrogens is 314 g/mol. The Bertz CT molecular complexity index is 943. The molecule has 0 aliphatic carbocycles. The van der Waals surface area contributed by atoms with Crippen LogP contribution in [0.3, 0.4) is 0 Å². The highest BCUT2D eigenvalue weighted by Gasteiger charge is 2.13. The molecule has 0 spiro atoms. The van der Waals surface area contributed by atoms with E-state index in [2.05, 4.69) is 48.2 Å². The van der Waals surface area contributed by atoms with E-state index in [1.165, 1.54) is 5.56 Å². The van der Waals surface area contributed by atoms with Gasteiger partial charge in [-0.15, -0.1) is 0 Å². The second-order valence-electron chi connectivity index (χ2n) is 7.36. The molecule has 0 unspecified atom stereocenters. The van der Waals surface area contributed by atoms with Crippen molar-refractivity contribution >= 4 is 16.9 Å².